The van der Waals surface area contributed by atoms with Gasteiger partial charge in [0.1, 0.15) is 12.2 Å². The lowest BCUT2D eigenvalue weighted by atomic mass is 10.7. The summed E-state index contributed by atoms with van der Waals surface area (Å²) in [5.41, 5.74) is -0.266. The molecule has 2 aromatic rings. The minimum atomic E-state index is -0.266. The second-order valence-electron chi connectivity index (χ2n) is 2.13. The van der Waals surface area contributed by atoms with Crippen LogP contribution in [0.4, 0.5) is 0 Å². The zero-order valence-corrected chi connectivity index (χ0v) is 5.77. The fourth-order valence-electron chi connectivity index (χ4n) is 0.841. The van der Waals surface area contributed by atoms with E-state index in [1.165, 1.54) is 10.7 Å². The number of aromatic amines is 1. The van der Waals surface area contributed by atoms with Crippen LogP contribution in [0, 0.1) is 6.92 Å². The van der Waals surface area contributed by atoms with E-state index >= 15 is 0 Å². The van der Waals surface area contributed by atoms with E-state index in [2.05, 4.69) is 20.2 Å². The molecule has 0 atom stereocenters. The van der Waals surface area contributed by atoms with Crippen LogP contribution in [0.3, 0.4) is 0 Å². The first-order valence-corrected chi connectivity index (χ1v) is 3.04. The normalized spacial score (nSPS) is 10.6. The van der Waals surface area contributed by atoms with E-state index in [4.69, 9.17) is 0 Å². The molecule has 2 rings (SSSR count). The second-order valence-corrected chi connectivity index (χ2v) is 2.13. The summed E-state index contributed by atoms with van der Waals surface area (Å²) < 4.78 is 1.24. The maximum atomic E-state index is 11.0. The van der Waals surface area contributed by atoms with Crippen molar-refractivity contribution in [2.75, 3.05) is 0 Å². The molecule has 2 aromatic heterocycles. The molecule has 6 nitrogen and oxygen atoms in total. The van der Waals surface area contributed by atoms with Crippen LogP contribution in [0.25, 0.3) is 5.78 Å². The third-order valence-electron chi connectivity index (χ3n) is 1.30. The Morgan fingerprint density at radius 1 is 1.64 bits per heavy atom. The molecule has 0 aliphatic carbocycles. The Morgan fingerprint density at radius 3 is 3.27 bits per heavy atom. The van der Waals surface area contributed by atoms with Gasteiger partial charge in [0.25, 0.3) is 5.78 Å². The summed E-state index contributed by atoms with van der Waals surface area (Å²) in [6, 6.07) is 0. The van der Waals surface area contributed by atoms with Crippen LogP contribution < -0.4 is 5.69 Å². The predicted octanol–water partition coefficient (Wildman–Crippen LogP) is -0.879. The van der Waals surface area contributed by atoms with E-state index in [0.29, 0.717) is 11.6 Å². The van der Waals surface area contributed by atoms with Crippen molar-refractivity contribution < 1.29 is 0 Å². The van der Waals surface area contributed by atoms with Gasteiger partial charge in [0.05, 0.1) is 0 Å². The standard InChI is InChI=1S/C5H5N5O/c1-3-7-4-9-6-2-10(4)5(11)8-3/h2H,1H3,(H,7,8,9,11). The Bertz CT molecular complexity index is 441. The monoisotopic (exact) mass is 151 g/mol. The molecular formula is C5H5N5O. The SMILES string of the molecule is Cc1nc2nncn2c(=O)[nH]1. The van der Waals surface area contributed by atoms with Gasteiger partial charge in [-0.2, -0.15) is 4.98 Å². The van der Waals surface area contributed by atoms with Gasteiger partial charge in [0, 0.05) is 0 Å². The molecule has 2 heterocycles. The Kier molecular flexibility index (Phi) is 1.03. The Morgan fingerprint density at radius 2 is 2.45 bits per heavy atom. The second kappa shape index (κ2) is 1.88. The molecule has 0 bridgehead atoms. The Labute approximate surface area is 60.9 Å². The van der Waals surface area contributed by atoms with Gasteiger partial charge in [-0.3, -0.25) is 4.98 Å². The summed E-state index contributed by atoms with van der Waals surface area (Å²) in [6.45, 7) is 1.69. The average Bonchev–Trinajstić information content (AvgIpc) is 2.34. The summed E-state index contributed by atoms with van der Waals surface area (Å²) in [4.78, 5) is 17.5. The zero-order chi connectivity index (χ0) is 7.84. The van der Waals surface area contributed by atoms with Crippen molar-refractivity contribution >= 4 is 5.78 Å². The van der Waals surface area contributed by atoms with Gasteiger partial charge >= 0.3 is 5.69 Å². The molecule has 6 heteroatoms. The van der Waals surface area contributed by atoms with E-state index in [1.54, 1.807) is 6.92 Å². The fraction of sp³-hybridized carbons (Fsp3) is 0.200. The predicted molar refractivity (Wildman–Crippen MR) is 36.1 cm³/mol. The van der Waals surface area contributed by atoms with Crippen LogP contribution >= 0.6 is 0 Å². The topological polar surface area (TPSA) is 75.9 Å². The Hall–Kier alpha value is -1.72. The minimum Gasteiger partial charge on any atom is -0.295 e. The van der Waals surface area contributed by atoms with Crippen LogP contribution in [0.1, 0.15) is 5.82 Å². The van der Waals surface area contributed by atoms with Gasteiger partial charge < -0.3 is 0 Å². The van der Waals surface area contributed by atoms with Gasteiger partial charge in [0.2, 0.25) is 0 Å². The molecule has 0 aliphatic heterocycles. The molecular weight excluding hydrogens is 146 g/mol. The maximum Gasteiger partial charge on any atom is 0.335 e. The quantitative estimate of drug-likeness (QED) is 0.530. The smallest absolute Gasteiger partial charge is 0.295 e. The Balaban J connectivity index is 3.02. The highest BCUT2D eigenvalue weighted by molar-refractivity contribution is 5.22. The van der Waals surface area contributed by atoms with Crippen molar-refractivity contribution in [2.24, 2.45) is 0 Å². The molecule has 0 aliphatic rings. The number of fused-ring (bicyclic) bond motifs is 1. The van der Waals surface area contributed by atoms with Crippen molar-refractivity contribution in [3.05, 3.63) is 22.6 Å². The maximum absolute atomic E-state index is 11.0. The molecule has 1 N–H and O–H groups in total. The number of H-pyrrole nitrogens is 1. The summed E-state index contributed by atoms with van der Waals surface area (Å²) in [5.74, 6) is 0.863. The van der Waals surface area contributed by atoms with Crippen molar-refractivity contribution in [3.8, 4) is 0 Å². The molecule has 56 valence electrons. The number of hydrogen-bond donors (Lipinski definition) is 1. The zero-order valence-electron chi connectivity index (χ0n) is 5.77. The van der Waals surface area contributed by atoms with Crippen LogP contribution in [0.15, 0.2) is 11.1 Å². The largest absolute Gasteiger partial charge is 0.335 e. The first-order chi connectivity index (χ1) is 5.27. The van der Waals surface area contributed by atoms with Gasteiger partial charge in [-0.15, -0.1) is 10.2 Å². The van der Waals surface area contributed by atoms with E-state index in [1.807, 2.05) is 0 Å². The third-order valence-corrected chi connectivity index (χ3v) is 1.30. The molecule has 0 saturated carbocycles. The molecule has 0 saturated heterocycles. The minimum absolute atomic E-state index is 0.266. The molecule has 11 heavy (non-hydrogen) atoms. The summed E-state index contributed by atoms with van der Waals surface area (Å²) in [7, 11) is 0. The van der Waals surface area contributed by atoms with Gasteiger partial charge in [-0.1, -0.05) is 0 Å². The average molecular weight is 151 g/mol. The highest BCUT2D eigenvalue weighted by Gasteiger charge is 1.99. The molecule has 0 spiro atoms. The number of hydrogen-bond acceptors (Lipinski definition) is 4. The lowest BCUT2D eigenvalue weighted by Crippen LogP contribution is -2.17. The summed E-state index contributed by atoms with van der Waals surface area (Å²) in [6.07, 6.45) is 1.32. The summed E-state index contributed by atoms with van der Waals surface area (Å²) in [5, 5.41) is 7.16. The third kappa shape index (κ3) is 0.794. The highest BCUT2D eigenvalue weighted by atomic mass is 16.1. The van der Waals surface area contributed by atoms with Crippen LogP contribution in [-0.4, -0.2) is 24.6 Å². The van der Waals surface area contributed by atoms with E-state index in [0.717, 1.165) is 0 Å². The number of nitrogens with one attached hydrogen (secondary N) is 1. The molecule has 0 aromatic carbocycles. The van der Waals surface area contributed by atoms with Crippen LogP contribution in [-0.2, 0) is 0 Å². The van der Waals surface area contributed by atoms with Crippen molar-refractivity contribution in [3.63, 3.8) is 0 Å². The van der Waals surface area contributed by atoms with E-state index < -0.39 is 0 Å². The van der Waals surface area contributed by atoms with Gasteiger partial charge in [0.15, 0.2) is 0 Å². The van der Waals surface area contributed by atoms with Crippen LogP contribution in [0.5, 0.6) is 0 Å². The number of nitrogens with zero attached hydrogens (tertiary/aromatic N) is 4. The molecule has 0 radical (unpaired) electrons. The van der Waals surface area contributed by atoms with E-state index in [-0.39, 0.29) is 5.69 Å². The molecule has 0 unspecified atom stereocenters. The number of aryl methyl sites for hydroxylation is 1. The number of rotatable bonds is 0. The lowest BCUT2D eigenvalue weighted by Gasteiger charge is -1.90. The summed E-state index contributed by atoms with van der Waals surface area (Å²) >= 11 is 0. The first kappa shape index (κ1) is 6.02. The fourth-order valence-corrected chi connectivity index (χ4v) is 0.841. The van der Waals surface area contributed by atoms with Crippen molar-refractivity contribution in [1.29, 1.82) is 0 Å². The lowest BCUT2D eigenvalue weighted by molar-refractivity contribution is 0.902. The first-order valence-electron chi connectivity index (χ1n) is 3.04. The van der Waals surface area contributed by atoms with Gasteiger partial charge in [-0.25, -0.2) is 9.20 Å². The van der Waals surface area contributed by atoms with E-state index in [9.17, 15) is 4.79 Å². The molecule has 0 fully saturated rings. The molecule has 0 amide bonds. The van der Waals surface area contributed by atoms with Crippen molar-refractivity contribution in [1.82, 2.24) is 24.6 Å². The van der Waals surface area contributed by atoms with Crippen molar-refractivity contribution in [2.45, 2.75) is 6.92 Å². The van der Waals surface area contributed by atoms with Gasteiger partial charge in [-0.05, 0) is 6.92 Å². The van der Waals surface area contributed by atoms with Crippen LogP contribution in [0.2, 0.25) is 0 Å². The number of aromatic nitrogens is 5. The highest BCUT2D eigenvalue weighted by Crippen LogP contribution is 1.86.